The molecule has 2 rings (SSSR count). The van der Waals surface area contributed by atoms with Crippen molar-refractivity contribution < 1.29 is 22.7 Å². The van der Waals surface area contributed by atoms with Crippen molar-refractivity contribution in [3.05, 3.63) is 34.3 Å². The quantitative estimate of drug-likeness (QED) is 0.818. The number of halogens is 4. The molecule has 1 saturated heterocycles. The van der Waals surface area contributed by atoms with Gasteiger partial charge < -0.3 is 9.64 Å². The van der Waals surface area contributed by atoms with Crippen molar-refractivity contribution in [2.45, 2.75) is 25.1 Å². The van der Waals surface area contributed by atoms with E-state index in [2.05, 4.69) is 15.9 Å². The van der Waals surface area contributed by atoms with E-state index in [1.807, 2.05) is 0 Å². The summed E-state index contributed by atoms with van der Waals surface area (Å²) in [6, 6.07) is 6.06. The fourth-order valence-electron chi connectivity index (χ4n) is 2.35. The molecule has 1 aromatic rings. The van der Waals surface area contributed by atoms with Gasteiger partial charge >= 0.3 is 6.18 Å². The molecule has 1 heterocycles. The third kappa shape index (κ3) is 4.44. The van der Waals surface area contributed by atoms with Crippen LogP contribution in [0.2, 0.25) is 0 Å². The van der Waals surface area contributed by atoms with E-state index >= 15 is 0 Å². The Bertz CT molecular complexity index is 501. The Labute approximate surface area is 129 Å². The molecule has 0 radical (unpaired) electrons. The van der Waals surface area contributed by atoms with Gasteiger partial charge in [-0.05, 0) is 40.9 Å². The predicted octanol–water partition coefficient (Wildman–Crippen LogP) is 3.63. The molecule has 7 heteroatoms. The predicted molar refractivity (Wildman–Crippen MR) is 75.1 cm³/mol. The number of nitrogens with zero attached hydrogens (tertiary/aromatic N) is 1. The van der Waals surface area contributed by atoms with Crippen LogP contribution >= 0.6 is 15.9 Å². The third-order valence-corrected chi connectivity index (χ3v) is 4.04. The molecule has 0 saturated carbocycles. The van der Waals surface area contributed by atoms with Crippen LogP contribution < -0.4 is 0 Å². The lowest BCUT2D eigenvalue weighted by molar-refractivity contribution is -0.147. The van der Waals surface area contributed by atoms with E-state index in [9.17, 15) is 18.0 Å². The first-order valence-electron chi connectivity index (χ1n) is 6.58. The lowest BCUT2D eigenvalue weighted by atomic mass is 10.1. The first-order valence-corrected chi connectivity index (χ1v) is 7.38. The molecule has 1 amide bonds. The van der Waals surface area contributed by atoms with Crippen molar-refractivity contribution in [2.75, 3.05) is 19.8 Å². The minimum absolute atomic E-state index is 0.244. The second-order valence-electron chi connectivity index (χ2n) is 4.87. The number of ether oxygens (including phenoxy) is 1. The second-order valence-corrected chi connectivity index (χ2v) is 5.73. The van der Waals surface area contributed by atoms with Gasteiger partial charge in [-0.2, -0.15) is 13.2 Å². The summed E-state index contributed by atoms with van der Waals surface area (Å²) in [7, 11) is 0. The molecule has 1 aromatic carbocycles. The van der Waals surface area contributed by atoms with E-state index in [-0.39, 0.29) is 5.56 Å². The van der Waals surface area contributed by atoms with Crippen molar-refractivity contribution in [3.8, 4) is 0 Å². The van der Waals surface area contributed by atoms with E-state index in [1.165, 1.54) is 6.07 Å². The van der Waals surface area contributed by atoms with Gasteiger partial charge in [-0.25, -0.2) is 0 Å². The summed E-state index contributed by atoms with van der Waals surface area (Å²) in [6.45, 7) is -0.484. The number of carbonyl (C=O) groups is 1. The standard InChI is InChI=1S/C14H15BrF3NO2/c15-12-4-2-1-3-11(12)13(20)19(9-14(16,17)18)10-5-7-21-8-6-10/h1-4,10H,5-9H2. The van der Waals surface area contributed by atoms with Crippen LogP contribution in [0.25, 0.3) is 0 Å². The average Bonchev–Trinajstić information content (AvgIpc) is 2.45. The van der Waals surface area contributed by atoms with Crippen molar-refractivity contribution in [1.29, 1.82) is 0 Å². The van der Waals surface area contributed by atoms with E-state index in [4.69, 9.17) is 4.74 Å². The first-order chi connectivity index (χ1) is 9.88. The van der Waals surface area contributed by atoms with E-state index < -0.39 is 24.7 Å². The Morgan fingerprint density at radius 2 is 1.90 bits per heavy atom. The smallest absolute Gasteiger partial charge is 0.381 e. The number of amides is 1. The highest BCUT2D eigenvalue weighted by Gasteiger charge is 2.37. The highest BCUT2D eigenvalue weighted by Crippen LogP contribution is 2.26. The minimum atomic E-state index is -4.42. The summed E-state index contributed by atoms with van der Waals surface area (Å²) in [5.74, 6) is -0.605. The van der Waals surface area contributed by atoms with Crippen LogP contribution in [0, 0.1) is 0 Å². The van der Waals surface area contributed by atoms with Gasteiger partial charge in [-0.15, -0.1) is 0 Å². The third-order valence-electron chi connectivity index (χ3n) is 3.35. The Morgan fingerprint density at radius 3 is 2.48 bits per heavy atom. The number of rotatable bonds is 3. The SMILES string of the molecule is O=C(c1ccccc1Br)N(CC(F)(F)F)C1CCOCC1. The van der Waals surface area contributed by atoms with Crippen molar-refractivity contribution in [1.82, 2.24) is 4.90 Å². The summed E-state index contributed by atoms with van der Waals surface area (Å²) in [5, 5.41) is 0. The van der Waals surface area contributed by atoms with Gasteiger partial charge in [0, 0.05) is 23.7 Å². The normalized spacial score (nSPS) is 16.8. The number of hydrogen-bond donors (Lipinski definition) is 0. The highest BCUT2D eigenvalue weighted by atomic mass is 79.9. The fourth-order valence-corrected chi connectivity index (χ4v) is 2.80. The molecule has 0 atom stereocenters. The fraction of sp³-hybridized carbons (Fsp3) is 0.500. The van der Waals surface area contributed by atoms with Crippen LogP contribution in [0.1, 0.15) is 23.2 Å². The van der Waals surface area contributed by atoms with Gasteiger partial charge in [0.25, 0.3) is 5.91 Å². The number of alkyl halides is 3. The monoisotopic (exact) mass is 365 g/mol. The molecule has 0 aromatic heterocycles. The zero-order valence-corrected chi connectivity index (χ0v) is 12.8. The van der Waals surface area contributed by atoms with Gasteiger partial charge in [0.05, 0.1) is 5.56 Å². The summed E-state index contributed by atoms with van der Waals surface area (Å²) >= 11 is 3.22. The van der Waals surface area contributed by atoms with Crippen LogP contribution in [0.15, 0.2) is 28.7 Å². The van der Waals surface area contributed by atoms with E-state index in [0.717, 1.165) is 4.90 Å². The molecule has 0 N–H and O–H groups in total. The second kappa shape index (κ2) is 6.79. The molecular weight excluding hydrogens is 351 g/mol. The van der Waals surface area contributed by atoms with Crippen molar-refractivity contribution in [3.63, 3.8) is 0 Å². The summed E-state index contributed by atoms with van der Waals surface area (Å²) < 4.78 is 44.1. The van der Waals surface area contributed by atoms with Crippen LogP contribution in [0.5, 0.6) is 0 Å². The Balaban J connectivity index is 2.25. The molecule has 0 spiro atoms. The Hall–Kier alpha value is -1.08. The van der Waals surface area contributed by atoms with Gasteiger partial charge in [0.1, 0.15) is 6.54 Å². The maximum absolute atomic E-state index is 12.8. The van der Waals surface area contributed by atoms with E-state index in [1.54, 1.807) is 18.2 Å². The molecule has 1 fully saturated rings. The topological polar surface area (TPSA) is 29.5 Å². The Kier molecular flexibility index (Phi) is 5.27. The largest absolute Gasteiger partial charge is 0.406 e. The molecule has 21 heavy (non-hydrogen) atoms. The number of benzene rings is 1. The lowest BCUT2D eigenvalue weighted by Gasteiger charge is -2.35. The average molecular weight is 366 g/mol. The number of carbonyl (C=O) groups excluding carboxylic acids is 1. The zero-order chi connectivity index (χ0) is 15.5. The molecule has 1 aliphatic rings. The maximum atomic E-state index is 12.8. The van der Waals surface area contributed by atoms with Crippen molar-refractivity contribution in [2.24, 2.45) is 0 Å². The minimum Gasteiger partial charge on any atom is -0.381 e. The number of hydrogen-bond acceptors (Lipinski definition) is 2. The zero-order valence-electron chi connectivity index (χ0n) is 11.2. The summed E-state index contributed by atoms with van der Waals surface area (Å²) in [4.78, 5) is 13.4. The van der Waals surface area contributed by atoms with E-state index in [0.29, 0.717) is 30.5 Å². The van der Waals surface area contributed by atoms with Gasteiger partial charge in [-0.3, -0.25) is 4.79 Å². The lowest BCUT2D eigenvalue weighted by Crippen LogP contribution is -2.48. The van der Waals surface area contributed by atoms with Gasteiger partial charge in [0.2, 0.25) is 0 Å². The van der Waals surface area contributed by atoms with Crippen LogP contribution in [0.3, 0.4) is 0 Å². The van der Waals surface area contributed by atoms with Crippen molar-refractivity contribution >= 4 is 21.8 Å². The summed E-state index contributed by atoms with van der Waals surface area (Å²) in [6.07, 6.45) is -3.58. The molecule has 0 unspecified atom stereocenters. The summed E-state index contributed by atoms with van der Waals surface area (Å²) in [5.41, 5.74) is 0.244. The first kappa shape index (κ1) is 16.3. The molecule has 1 aliphatic heterocycles. The molecule has 116 valence electrons. The van der Waals surface area contributed by atoms with Gasteiger partial charge in [0.15, 0.2) is 0 Å². The Morgan fingerprint density at radius 1 is 1.29 bits per heavy atom. The van der Waals surface area contributed by atoms with Crippen LogP contribution in [-0.2, 0) is 4.74 Å². The molecule has 0 bridgehead atoms. The molecule has 3 nitrogen and oxygen atoms in total. The highest BCUT2D eigenvalue weighted by molar-refractivity contribution is 9.10. The van der Waals surface area contributed by atoms with Gasteiger partial charge in [-0.1, -0.05) is 12.1 Å². The van der Waals surface area contributed by atoms with Crippen LogP contribution in [0.4, 0.5) is 13.2 Å². The maximum Gasteiger partial charge on any atom is 0.406 e. The molecule has 0 aliphatic carbocycles. The van der Waals surface area contributed by atoms with Crippen LogP contribution in [-0.4, -0.2) is 42.8 Å². The molecular formula is C14H15BrF3NO2.